The third-order valence-electron chi connectivity index (χ3n) is 5.13. The van der Waals surface area contributed by atoms with E-state index < -0.39 is 39.9 Å². The number of non-ortho nitro benzene ring substituents is 1. The second-order valence-corrected chi connectivity index (χ2v) is 7.78. The summed E-state index contributed by atoms with van der Waals surface area (Å²) in [4.78, 5) is 27.6. The molecule has 0 saturated carbocycles. The minimum absolute atomic E-state index is 0.0553. The first-order valence-electron chi connectivity index (χ1n) is 10.6. The number of carbonyl (C=O) groups is 1. The number of benzene rings is 2. The molecule has 10 nitrogen and oxygen atoms in total. The maximum atomic E-state index is 13.7. The summed E-state index contributed by atoms with van der Waals surface area (Å²) < 4.78 is 65.5. The lowest BCUT2D eigenvalue weighted by atomic mass is 10.2. The van der Waals surface area contributed by atoms with Gasteiger partial charge in [0.05, 0.1) is 22.9 Å². The highest BCUT2D eigenvalue weighted by molar-refractivity contribution is 6.03. The first-order valence-corrected chi connectivity index (χ1v) is 10.6. The van der Waals surface area contributed by atoms with Gasteiger partial charge in [0.2, 0.25) is 0 Å². The Balaban J connectivity index is 1.48. The number of nitrogens with zero attached hydrogens (tertiary/aromatic N) is 4. The standard InChI is InChI=1S/C24H13F4N5O5/c25-13-3-5-16(6-4-13)38-17-9-14(8-15(10-17)33(35)36)29-23(34)19-12-22-30-18(20-2-1-7-37-20)11-21(24(26,27)28)32(22)31-19/h1-12H,(H,29,34). The van der Waals surface area contributed by atoms with E-state index in [-0.39, 0.29) is 34.3 Å². The van der Waals surface area contributed by atoms with Crippen molar-refractivity contribution in [2.24, 2.45) is 0 Å². The second-order valence-electron chi connectivity index (χ2n) is 7.78. The number of nitro groups is 1. The molecule has 0 radical (unpaired) electrons. The maximum absolute atomic E-state index is 13.7. The smallest absolute Gasteiger partial charge is 0.433 e. The number of hydrogen-bond donors (Lipinski definition) is 1. The first kappa shape index (κ1) is 24.4. The summed E-state index contributed by atoms with van der Waals surface area (Å²) in [7, 11) is 0. The molecule has 0 aliphatic heterocycles. The number of furan rings is 1. The van der Waals surface area contributed by atoms with Crippen molar-refractivity contribution >= 4 is 22.9 Å². The fourth-order valence-electron chi connectivity index (χ4n) is 3.49. The predicted octanol–water partition coefficient (Wildman–Crippen LogP) is 6.10. The van der Waals surface area contributed by atoms with E-state index in [4.69, 9.17) is 9.15 Å². The number of aromatic nitrogens is 3. The molecule has 1 N–H and O–H groups in total. The van der Waals surface area contributed by atoms with Crippen LogP contribution in [0.4, 0.5) is 28.9 Å². The van der Waals surface area contributed by atoms with Crippen molar-refractivity contribution in [3.63, 3.8) is 0 Å². The Morgan fingerprint density at radius 2 is 1.82 bits per heavy atom. The Labute approximate surface area is 209 Å². The van der Waals surface area contributed by atoms with Gasteiger partial charge in [-0.3, -0.25) is 14.9 Å². The van der Waals surface area contributed by atoms with E-state index in [9.17, 15) is 32.5 Å². The molecule has 3 aromatic heterocycles. The van der Waals surface area contributed by atoms with Gasteiger partial charge in [0, 0.05) is 18.2 Å². The van der Waals surface area contributed by atoms with E-state index in [1.807, 2.05) is 0 Å². The highest BCUT2D eigenvalue weighted by Gasteiger charge is 2.36. The normalized spacial score (nSPS) is 11.5. The molecule has 3 heterocycles. The summed E-state index contributed by atoms with van der Waals surface area (Å²) in [5.74, 6) is -1.29. The zero-order valence-electron chi connectivity index (χ0n) is 18.8. The summed E-state index contributed by atoms with van der Waals surface area (Å²) in [6.07, 6.45) is -3.56. The molecule has 0 aliphatic rings. The number of rotatable bonds is 6. The molecule has 0 bridgehead atoms. The largest absolute Gasteiger partial charge is 0.463 e. The third-order valence-corrected chi connectivity index (χ3v) is 5.13. The Morgan fingerprint density at radius 1 is 1.05 bits per heavy atom. The van der Waals surface area contributed by atoms with Crippen molar-refractivity contribution in [1.29, 1.82) is 0 Å². The van der Waals surface area contributed by atoms with Crippen LogP contribution in [0.3, 0.4) is 0 Å². The van der Waals surface area contributed by atoms with Gasteiger partial charge in [-0.1, -0.05) is 0 Å². The number of amides is 1. The number of alkyl halides is 3. The number of halogens is 4. The van der Waals surface area contributed by atoms with Crippen LogP contribution in [0.2, 0.25) is 0 Å². The molecule has 2 aromatic carbocycles. The van der Waals surface area contributed by atoms with Crippen LogP contribution in [0.15, 0.2) is 77.4 Å². The molecule has 192 valence electrons. The van der Waals surface area contributed by atoms with Crippen molar-refractivity contribution in [3.05, 3.63) is 100 Å². The quantitative estimate of drug-likeness (QED) is 0.161. The fourth-order valence-corrected chi connectivity index (χ4v) is 3.49. The molecule has 1 amide bonds. The Hall–Kier alpha value is -5.27. The van der Waals surface area contributed by atoms with E-state index >= 15 is 0 Å². The zero-order chi connectivity index (χ0) is 27.0. The molecule has 0 saturated heterocycles. The van der Waals surface area contributed by atoms with E-state index in [1.54, 1.807) is 0 Å². The summed E-state index contributed by atoms with van der Waals surface area (Å²) in [6.45, 7) is 0. The number of nitro benzene ring substituents is 1. The summed E-state index contributed by atoms with van der Waals surface area (Å²) in [5.41, 5.74) is -2.58. The van der Waals surface area contributed by atoms with Crippen LogP contribution in [0, 0.1) is 15.9 Å². The number of anilines is 1. The van der Waals surface area contributed by atoms with Gasteiger partial charge in [-0.2, -0.15) is 18.3 Å². The predicted molar refractivity (Wildman–Crippen MR) is 123 cm³/mol. The minimum Gasteiger partial charge on any atom is -0.463 e. The van der Waals surface area contributed by atoms with Crippen LogP contribution in [0.1, 0.15) is 16.2 Å². The van der Waals surface area contributed by atoms with E-state index in [0.717, 1.165) is 36.4 Å². The van der Waals surface area contributed by atoms with Crippen molar-refractivity contribution in [2.45, 2.75) is 6.18 Å². The average Bonchev–Trinajstić information content (AvgIpc) is 3.54. The van der Waals surface area contributed by atoms with Crippen LogP contribution in [-0.2, 0) is 6.18 Å². The van der Waals surface area contributed by atoms with Gasteiger partial charge >= 0.3 is 6.18 Å². The zero-order valence-corrected chi connectivity index (χ0v) is 18.8. The van der Waals surface area contributed by atoms with Crippen molar-refractivity contribution in [1.82, 2.24) is 14.6 Å². The molecule has 0 fully saturated rings. The summed E-state index contributed by atoms with van der Waals surface area (Å²) >= 11 is 0. The van der Waals surface area contributed by atoms with Gasteiger partial charge in [0.15, 0.2) is 22.8 Å². The van der Waals surface area contributed by atoms with Gasteiger partial charge in [0.25, 0.3) is 11.6 Å². The van der Waals surface area contributed by atoms with Gasteiger partial charge < -0.3 is 14.5 Å². The lowest BCUT2D eigenvalue weighted by Crippen LogP contribution is -2.15. The van der Waals surface area contributed by atoms with Crippen molar-refractivity contribution in [2.75, 3.05) is 5.32 Å². The Bertz CT molecular complexity index is 1660. The van der Waals surface area contributed by atoms with Crippen LogP contribution < -0.4 is 10.1 Å². The molecule has 5 rings (SSSR count). The van der Waals surface area contributed by atoms with Crippen LogP contribution in [0.5, 0.6) is 11.5 Å². The lowest BCUT2D eigenvalue weighted by molar-refractivity contribution is -0.384. The van der Waals surface area contributed by atoms with Gasteiger partial charge in [-0.25, -0.2) is 13.9 Å². The summed E-state index contributed by atoms with van der Waals surface area (Å²) in [5, 5.41) is 17.5. The van der Waals surface area contributed by atoms with Crippen LogP contribution in [-0.4, -0.2) is 25.4 Å². The van der Waals surface area contributed by atoms with E-state index in [0.29, 0.717) is 4.52 Å². The third kappa shape index (κ3) is 5.00. The maximum Gasteiger partial charge on any atom is 0.433 e. The van der Waals surface area contributed by atoms with E-state index in [2.05, 4.69) is 15.4 Å². The molecule has 5 aromatic rings. The molecule has 0 aliphatic carbocycles. The van der Waals surface area contributed by atoms with Gasteiger partial charge in [0.1, 0.15) is 23.0 Å². The highest BCUT2D eigenvalue weighted by Crippen LogP contribution is 2.33. The number of ether oxygens (including phenoxy) is 1. The van der Waals surface area contributed by atoms with Gasteiger partial charge in [-0.15, -0.1) is 0 Å². The molecule has 0 unspecified atom stereocenters. The lowest BCUT2D eigenvalue weighted by Gasteiger charge is -2.10. The van der Waals surface area contributed by atoms with E-state index in [1.165, 1.54) is 36.6 Å². The number of carbonyl (C=O) groups excluding carboxylic acids is 1. The van der Waals surface area contributed by atoms with Crippen molar-refractivity contribution in [3.8, 4) is 23.0 Å². The van der Waals surface area contributed by atoms with Crippen LogP contribution >= 0.6 is 0 Å². The molecular weight excluding hydrogens is 514 g/mol. The topological polar surface area (TPSA) is 125 Å². The summed E-state index contributed by atoms with van der Waals surface area (Å²) in [6, 6.07) is 12.9. The number of nitrogens with one attached hydrogen (secondary N) is 1. The Morgan fingerprint density at radius 3 is 2.47 bits per heavy atom. The minimum atomic E-state index is -4.84. The molecule has 0 spiro atoms. The molecule has 14 heteroatoms. The Kier molecular flexibility index (Phi) is 5.98. The average molecular weight is 527 g/mol. The SMILES string of the molecule is O=C(Nc1cc(Oc2ccc(F)cc2)cc([N+](=O)[O-])c1)c1cc2nc(-c3ccco3)cc(C(F)(F)F)n2n1. The fraction of sp³-hybridized carbons (Fsp3) is 0.0417. The number of hydrogen-bond acceptors (Lipinski definition) is 7. The number of fused-ring (bicyclic) bond motifs is 1. The molecule has 0 atom stereocenters. The molecule has 38 heavy (non-hydrogen) atoms. The van der Waals surface area contributed by atoms with Crippen molar-refractivity contribution < 1.29 is 36.4 Å². The monoisotopic (exact) mass is 527 g/mol. The first-order chi connectivity index (χ1) is 18.1. The highest BCUT2D eigenvalue weighted by atomic mass is 19.4. The molecular formula is C24H13F4N5O5. The second kappa shape index (κ2) is 9.31. The van der Waals surface area contributed by atoms with Crippen LogP contribution in [0.25, 0.3) is 17.1 Å². The van der Waals surface area contributed by atoms with Gasteiger partial charge in [-0.05, 0) is 42.5 Å².